The predicted molar refractivity (Wildman–Crippen MR) is 70.7 cm³/mol. The molecule has 0 saturated carbocycles. The summed E-state index contributed by atoms with van der Waals surface area (Å²) in [6, 6.07) is 5.94. The molecule has 0 amide bonds. The second-order valence-electron chi connectivity index (χ2n) is 4.39. The zero-order chi connectivity index (χ0) is 14.9. The van der Waals surface area contributed by atoms with Gasteiger partial charge in [0.25, 0.3) is 5.82 Å². The van der Waals surface area contributed by atoms with Gasteiger partial charge in [-0.25, -0.2) is 4.68 Å². The van der Waals surface area contributed by atoms with Crippen molar-refractivity contribution in [2.75, 3.05) is 5.84 Å². The Kier molecular flexibility index (Phi) is 3.94. The van der Waals surface area contributed by atoms with Crippen LogP contribution in [0.1, 0.15) is 22.5 Å². The van der Waals surface area contributed by atoms with Crippen LogP contribution in [0.4, 0.5) is 13.2 Å². The Morgan fingerprint density at radius 2 is 1.95 bits per heavy atom. The van der Waals surface area contributed by atoms with Gasteiger partial charge in [-0.2, -0.15) is 13.2 Å². The maximum atomic E-state index is 12.5. The van der Waals surface area contributed by atoms with Crippen molar-refractivity contribution in [3.8, 4) is 0 Å². The van der Waals surface area contributed by atoms with E-state index in [4.69, 9.17) is 5.84 Å². The average molecular weight is 302 g/mol. The first-order valence-corrected chi connectivity index (χ1v) is 6.74. The zero-order valence-electron chi connectivity index (χ0n) is 10.9. The van der Waals surface area contributed by atoms with Gasteiger partial charge < -0.3 is 5.84 Å². The summed E-state index contributed by atoms with van der Waals surface area (Å²) in [6.45, 7) is 3.91. The molecule has 1 heterocycles. The van der Waals surface area contributed by atoms with E-state index in [0.29, 0.717) is 10.4 Å². The number of nitrogens with zero attached hydrogens (tertiary/aromatic N) is 3. The van der Waals surface area contributed by atoms with Gasteiger partial charge in [-0.15, -0.1) is 10.2 Å². The number of hydrogen-bond donors (Lipinski definition) is 1. The number of nitrogens with two attached hydrogens (primary N) is 1. The minimum Gasteiger partial charge on any atom is -0.335 e. The SMILES string of the molecule is Cc1ccc(C)c(CSc2nnc(C(F)(F)F)n2N)c1. The second-order valence-corrected chi connectivity index (χ2v) is 5.34. The molecule has 0 aliphatic rings. The van der Waals surface area contributed by atoms with Gasteiger partial charge in [0.1, 0.15) is 0 Å². The number of benzene rings is 1. The summed E-state index contributed by atoms with van der Waals surface area (Å²) in [5.74, 6) is 4.67. The van der Waals surface area contributed by atoms with Gasteiger partial charge in [0, 0.05) is 5.75 Å². The molecule has 2 rings (SSSR count). The third kappa shape index (κ3) is 3.06. The Hall–Kier alpha value is -1.70. The number of hydrogen-bond acceptors (Lipinski definition) is 4. The summed E-state index contributed by atoms with van der Waals surface area (Å²) in [5.41, 5.74) is 3.20. The number of nitrogen functional groups attached to an aromatic ring is 1. The van der Waals surface area contributed by atoms with Crippen molar-refractivity contribution < 1.29 is 13.2 Å². The zero-order valence-corrected chi connectivity index (χ0v) is 11.7. The fourth-order valence-electron chi connectivity index (χ4n) is 1.67. The Bertz CT molecular complexity index is 622. The first kappa shape index (κ1) is 14.7. The molecule has 1 aromatic heterocycles. The lowest BCUT2D eigenvalue weighted by Gasteiger charge is -2.08. The van der Waals surface area contributed by atoms with Crippen LogP contribution in [0.3, 0.4) is 0 Å². The maximum absolute atomic E-state index is 12.5. The van der Waals surface area contributed by atoms with E-state index < -0.39 is 12.0 Å². The molecule has 0 spiro atoms. The van der Waals surface area contributed by atoms with Gasteiger partial charge in [0.05, 0.1) is 0 Å². The Morgan fingerprint density at radius 1 is 1.25 bits per heavy atom. The fourth-order valence-corrected chi connectivity index (χ4v) is 2.59. The molecule has 1 aromatic carbocycles. The summed E-state index contributed by atoms with van der Waals surface area (Å²) in [5, 5.41) is 6.60. The van der Waals surface area contributed by atoms with Gasteiger partial charge in [-0.05, 0) is 25.0 Å². The predicted octanol–water partition coefficient (Wildman–Crippen LogP) is 2.92. The summed E-state index contributed by atoms with van der Waals surface area (Å²) < 4.78 is 38.1. The minimum atomic E-state index is -4.60. The smallest absolute Gasteiger partial charge is 0.335 e. The molecule has 0 radical (unpaired) electrons. The summed E-state index contributed by atoms with van der Waals surface area (Å²) in [6.07, 6.45) is -4.60. The molecule has 2 aromatic rings. The van der Waals surface area contributed by atoms with E-state index in [1.165, 1.54) is 0 Å². The Balaban J connectivity index is 2.16. The highest BCUT2D eigenvalue weighted by Crippen LogP contribution is 2.30. The fraction of sp³-hybridized carbons (Fsp3) is 0.333. The van der Waals surface area contributed by atoms with Gasteiger partial charge in [-0.3, -0.25) is 0 Å². The summed E-state index contributed by atoms with van der Waals surface area (Å²) in [4.78, 5) is 0. The molecule has 2 N–H and O–H groups in total. The van der Waals surface area contributed by atoms with E-state index in [1.807, 2.05) is 32.0 Å². The molecule has 4 nitrogen and oxygen atoms in total. The van der Waals surface area contributed by atoms with Crippen LogP contribution in [0.15, 0.2) is 23.4 Å². The standard InChI is InChI=1S/C12H13F3N4S/c1-7-3-4-8(2)9(5-7)6-20-11-18-17-10(19(11)16)12(13,14)15/h3-5H,6,16H2,1-2H3. The minimum absolute atomic E-state index is 0.0400. The van der Waals surface area contributed by atoms with E-state index in [9.17, 15) is 13.2 Å². The highest BCUT2D eigenvalue weighted by Gasteiger charge is 2.38. The molecule has 0 fully saturated rings. The molecule has 0 atom stereocenters. The van der Waals surface area contributed by atoms with Gasteiger partial charge in [-0.1, -0.05) is 35.5 Å². The molecule has 8 heteroatoms. The van der Waals surface area contributed by atoms with Crippen LogP contribution in [0.5, 0.6) is 0 Å². The van der Waals surface area contributed by atoms with E-state index >= 15 is 0 Å². The summed E-state index contributed by atoms with van der Waals surface area (Å²) >= 11 is 1.12. The van der Waals surface area contributed by atoms with Crippen LogP contribution >= 0.6 is 11.8 Å². The molecule has 0 bridgehead atoms. The van der Waals surface area contributed by atoms with E-state index in [0.717, 1.165) is 28.5 Å². The van der Waals surface area contributed by atoms with Gasteiger partial charge in [0.15, 0.2) is 0 Å². The number of aromatic nitrogens is 3. The topological polar surface area (TPSA) is 56.7 Å². The highest BCUT2D eigenvalue weighted by molar-refractivity contribution is 7.98. The number of rotatable bonds is 3. The normalized spacial score (nSPS) is 11.8. The lowest BCUT2D eigenvalue weighted by atomic mass is 10.1. The highest BCUT2D eigenvalue weighted by atomic mass is 32.2. The molecular weight excluding hydrogens is 289 g/mol. The van der Waals surface area contributed by atoms with E-state index in [2.05, 4.69) is 10.2 Å². The lowest BCUT2D eigenvalue weighted by Crippen LogP contribution is -2.21. The second kappa shape index (κ2) is 5.35. The number of alkyl halides is 3. The van der Waals surface area contributed by atoms with Crippen LogP contribution in [0.2, 0.25) is 0 Å². The first-order chi connectivity index (χ1) is 9.29. The molecule has 20 heavy (non-hydrogen) atoms. The van der Waals surface area contributed by atoms with Crippen LogP contribution < -0.4 is 5.84 Å². The van der Waals surface area contributed by atoms with Crippen molar-refractivity contribution in [1.82, 2.24) is 14.9 Å². The Labute approximate surface area is 118 Å². The lowest BCUT2D eigenvalue weighted by molar-refractivity contribution is -0.146. The average Bonchev–Trinajstić information content (AvgIpc) is 2.72. The monoisotopic (exact) mass is 302 g/mol. The van der Waals surface area contributed by atoms with Crippen molar-refractivity contribution >= 4 is 11.8 Å². The van der Waals surface area contributed by atoms with Crippen LogP contribution in [0, 0.1) is 13.8 Å². The van der Waals surface area contributed by atoms with Crippen molar-refractivity contribution in [2.45, 2.75) is 30.9 Å². The molecule has 0 unspecified atom stereocenters. The van der Waals surface area contributed by atoms with Crippen molar-refractivity contribution in [2.24, 2.45) is 0 Å². The molecule has 0 aliphatic carbocycles. The number of thioether (sulfide) groups is 1. The first-order valence-electron chi connectivity index (χ1n) is 5.75. The molecular formula is C12H13F3N4S. The van der Waals surface area contributed by atoms with E-state index in [1.54, 1.807) is 0 Å². The maximum Gasteiger partial charge on any atom is 0.453 e. The molecule has 108 valence electrons. The quantitative estimate of drug-likeness (QED) is 0.699. The van der Waals surface area contributed by atoms with E-state index in [-0.39, 0.29) is 5.16 Å². The summed E-state index contributed by atoms with van der Waals surface area (Å²) in [7, 11) is 0. The third-order valence-corrected chi connectivity index (χ3v) is 3.77. The molecule has 0 aliphatic heterocycles. The number of aryl methyl sites for hydroxylation is 2. The number of halogens is 3. The van der Waals surface area contributed by atoms with Crippen LogP contribution in [-0.2, 0) is 11.9 Å². The van der Waals surface area contributed by atoms with Crippen LogP contribution in [-0.4, -0.2) is 14.9 Å². The third-order valence-electron chi connectivity index (χ3n) is 2.78. The van der Waals surface area contributed by atoms with Crippen molar-refractivity contribution in [3.63, 3.8) is 0 Å². The van der Waals surface area contributed by atoms with Crippen molar-refractivity contribution in [1.29, 1.82) is 0 Å². The largest absolute Gasteiger partial charge is 0.453 e. The van der Waals surface area contributed by atoms with Crippen LogP contribution in [0.25, 0.3) is 0 Å². The van der Waals surface area contributed by atoms with Gasteiger partial charge >= 0.3 is 6.18 Å². The molecule has 0 saturated heterocycles. The Morgan fingerprint density at radius 3 is 2.55 bits per heavy atom. The van der Waals surface area contributed by atoms with Gasteiger partial charge in [0.2, 0.25) is 5.16 Å². The van der Waals surface area contributed by atoms with Crippen molar-refractivity contribution in [3.05, 3.63) is 40.7 Å².